The number of hydrogen-bond acceptors (Lipinski definition) is 3. The zero-order valence-electron chi connectivity index (χ0n) is 8.45. The lowest BCUT2D eigenvalue weighted by molar-refractivity contribution is -0.141. The Balaban J connectivity index is 2.61. The zero-order chi connectivity index (χ0) is 10.6. The molecule has 0 amide bonds. The molecule has 0 aromatic rings. The number of carbonyl (C=O) groups excluding carboxylic acids is 1. The average molecular weight is 194 g/mol. The molecule has 0 radical (unpaired) electrons. The molecule has 0 spiro atoms. The van der Waals surface area contributed by atoms with E-state index >= 15 is 0 Å². The highest BCUT2D eigenvalue weighted by molar-refractivity contribution is 5.70. The van der Waals surface area contributed by atoms with Gasteiger partial charge in [-0.05, 0) is 17.7 Å². The summed E-state index contributed by atoms with van der Waals surface area (Å²) in [5.74, 6) is 0.563. The van der Waals surface area contributed by atoms with Gasteiger partial charge in [0.2, 0.25) is 0 Å². The van der Waals surface area contributed by atoms with E-state index in [0.717, 1.165) is 11.3 Å². The monoisotopic (exact) mass is 194 g/mol. The topological polar surface area (TPSA) is 35.5 Å². The summed E-state index contributed by atoms with van der Waals surface area (Å²) in [4.78, 5) is 11.0. The Morgan fingerprint density at radius 2 is 2.29 bits per heavy atom. The molecule has 1 unspecified atom stereocenters. The number of allylic oxidation sites excluding steroid dienone is 4. The Kier molecular flexibility index (Phi) is 3.51. The first-order chi connectivity index (χ1) is 6.67. The maximum Gasteiger partial charge on any atom is 0.306 e. The Morgan fingerprint density at radius 3 is 2.79 bits per heavy atom. The van der Waals surface area contributed by atoms with Gasteiger partial charge >= 0.3 is 5.97 Å². The minimum Gasteiger partial charge on any atom is -0.497 e. The summed E-state index contributed by atoms with van der Waals surface area (Å²) in [7, 11) is 2.98. The third kappa shape index (κ3) is 2.49. The quantitative estimate of drug-likeness (QED) is 0.643. The molecule has 0 aromatic heterocycles. The van der Waals surface area contributed by atoms with Gasteiger partial charge in [-0.3, -0.25) is 4.79 Å². The highest BCUT2D eigenvalue weighted by atomic mass is 16.5. The minimum atomic E-state index is -0.227. The van der Waals surface area contributed by atoms with Crippen molar-refractivity contribution in [2.45, 2.75) is 6.42 Å². The van der Waals surface area contributed by atoms with Gasteiger partial charge in [-0.1, -0.05) is 12.7 Å². The van der Waals surface area contributed by atoms with Crippen molar-refractivity contribution >= 4 is 5.97 Å². The molecule has 76 valence electrons. The van der Waals surface area contributed by atoms with Gasteiger partial charge in [0, 0.05) is 5.92 Å². The van der Waals surface area contributed by atoms with E-state index < -0.39 is 0 Å². The summed E-state index contributed by atoms with van der Waals surface area (Å²) in [6.07, 6.45) is 5.90. The van der Waals surface area contributed by atoms with Crippen LogP contribution in [0, 0.1) is 5.92 Å². The van der Waals surface area contributed by atoms with E-state index in [4.69, 9.17) is 4.74 Å². The van der Waals surface area contributed by atoms with Gasteiger partial charge in [0.25, 0.3) is 0 Å². The fourth-order valence-electron chi connectivity index (χ4n) is 1.26. The Bertz CT molecular complexity index is 300. The first-order valence-electron chi connectivity index (χ1n) is 4.37. The van der Waals surface area contributed by atoms with Crippen LogP contribution in [0.4, 0.5) is 0 Å². The van der Waals surface area contributed by atoms with Gasteiger partial charge in [-0.15, -0.1) is 0 Å². The second-order valence-electron chi connectivity index (χ2n) is 3.07. The van der Waals surface area contributed by atoms with Crippen LogP contribution >= 0.6 is 0 Å². The lowest BCUT2D eigenvalue weighted by Crippen LogP contribution is -2.11. The maximum absolute atomic E-state index is 11.0. The Hall–Kier alpha value is -1.51. The van der Waals surface area contributed by atoms with E-state index in [0.29, 0.717) is 6.42 Å². The minimum absolute atomic E-state index is 0.0290. The van der Waals surface area contributed by atoms with E-state index in [1.165, 1.54) is 7.11 Å². The summed E-state index contributed by atoms with van der Waals surface area (Å²) in [5, 5.41) is 0. The number of hydrogen-bond donors (Lipinski definition) is 0. The number of methoxy groups -OCH3 is 2. The first kappa shape index (κ1) is 10.6. The van der Waals surface area contributed by atoms with Gasteiger partial charge in [0.1, 0.15) is 5.76 Å². The van der Waals surface area contributed by atoms with Crippen molar-refractivity contribution in [3.05, 3.63) is 36.1 Å². The molecule has 14 heavy (non-hydrogen) atoms. The van der Waals surface area contributed by atoms with Crippen molar-refractivity contribution in [3.8, 4) is 0 Å². The smallest absolute Gasteiger partial charge is 0.306 e. The van der Waals surface area contributed by atoms with Crippen molar-refractivity contribution < 1.29 is 14.3 Å². The van der Waals surface area contributed by atoms with Crippen LogP contribution in [0.25, 0.3) is 0 Å². The lowest BCUT2D eigenvalue weighted by Gasteiger charge is -2.16. The van der Waals surface area contributed by atoms with Crippen LogP contribution < -0.4 is 0 Å². The molecule has 1 aliphatic rings. The summed E-state index contributed by atoms with van der Waals surface area (Å²) < 4.78 is 9.63. The highest BCUT2D eigenvalue weighted by Gasteiger charge is 2.16. The van der Waals surface area contributed by atoms with Crippen LogP contribution in [0.1, 0.15) is 6.42 Å². The number of rotatable bonds is 3. The SMILES string of the molecule is C=C1C=C(OC)C=CC1CC(=O)OC. The summed E-state index contributed by atoms with van der Waals surface area (Å²) >= 11 is 0. The van der Waals surface area contributed by atoms with Gasteiger partial charge in [0.15, 0.2) is 0 Å². The lowest BCUT2D eigenvalue weighted by atomic mass is 9.92. The van der Waals surface area contributed by atoms with E-state index in [1.807, 2.05) is 18.2 Å². The summed E-state index contributed by atoms with van der Waals surface area (Å²) in [6, 6.07) is 0. The maximum atomic E-state index is 11.0. The normalized spacial score (nSPS) is 20.3. The molecular formula is C11H14O3. The van der Waals surface area contributed by atoms with Crippen molar-refractivity contribution in [1.29, 1.82) is 0 Å². The molecule has 0 saturated heterocycles. The summed E-state index contributed by atoms with van der Waals surface area (Å²) in [6.45, 7) is 3.87. The first-order valence-corrected chi connectivity index (χ1v) is 4.37. The largest absolute Gasteiger partial charge is 0.497 e. The standard InChI is InChI=1S/C11H14O3/c1-8-6-10(13-2)5-4-9(8)7-11(12)14-3/h4-6,9H,1,7H2,2-3H3. The number of esters is 1. The van der Waals surface area contributed by atoms with E-state index in [2.05, 4.69) is 11.3 Å². The Labute approximate surface area is 83.7 Å². The molecule has 0 heterocycles. The van der Waals surface area contributed by atoms with Crippen LogP contribution in [0.3, 0.4) is 0 Å². The molecule has 0 fully saturated rings. The molecule has 0 bridgehead atoms. The van der Waals surface area contributed by atoms with Crippen LogP contribution in [0.5, 0.6) is 0 Å². The van der Waals surface area contributed by atoms with Crippen LogP contribution in [-0.2, 0) is 14.3 Å². The molecule has 0 N–H and O–H groups in total. The summed E-state index contributed by atoms with van der Waals surface area (Å²) in [5.41, 5.74) is 0.870. The number of carbonyl (C=O) groups is 1. The average Bonchev–Trinajstić information content (AvgIpc) is 2.20. The van der Waals surface area contributed by atoms with Gasteiger partial charge < -0.3 is 9.47 Å². The van der Waals surface area contributed by atoms with Gasteiger partial charge in [-0.25, -0.2) is 0 Å². The molecular weight excluding hydrogens is 180 g/mol. The van der Waals surface area contributed by atoms with E-state index in [1.54, 1.807) is 7.11 Å². The molecule has 1 atom stereocenters. The molecule has 0 saturated carbocycles. The molecule has 3 heteroatoms. The van der Waals surface area contributed by atoms with Crippen LogP contribution in [-0.4, -0.2) is 20.2 Å². The molecule has 3 nitrogen and oxygen atoms in total. The van der Waals surface area contributed by atoms with E-state index in [9.17, 15) is 4.79 Å². The predicted octanol–water partition coefficient (Wildman–Crippen LogP) is 1.82. The van der Waals surface area contributed by atoms with Crippen molar-refractivity contribution in [3.63, 3.8) is 0 Å². The van der Waals surface area contributed by atoms with E-state index in [-0.39, 0.29) is 11.9 Å². The van der Waals surface area contributed by atoms with Gasteiger partial charge in [-0.2, -0.15) is 0 Å². The predicted molar refractivity (Wildman–Crippen MR) is 53.5 cm³/mol. The fraction of sp³-hybridized carbons (Fsp3) is 0.364. The molecule has 0 aliphatic heterocycles. The third-order valence-electron chi connectivity index (χ3n) is 2.15. The number of ether oxygens (including phenoxy) is 2. The van der Waals surface area contributed by atoms with Crippen LogP contribution in [0.15, 0.2) is 36.1 Å². The molecule has 0 aromatic carbocycles. The second-order valence-corrected chi connectivity index (χ2v) is 3.07. The Morgan fingerprint density at radius 1 is 1.57 bits per heavy atom. The van der Waals surface area contributed by atoms with Gasteiger partial charge in [0.05, 0.1) is 20.6 Å². The van der Waals surface area contributed by atoms with Crippen LogP contribution in [0.2, 0.25) is 0 Å². The second kappa shape index (κ2) is 4.65. The van der Waals surface area contributed by atoms with Crippen molar-refractivity contribution in [2.24, 2.45) is 5.92 Å². The molecule has 1 aliphatic carbocycles. The van der Waals surface area contributed by atoms with Crippen molar-refractivity contribution in [1.82, 2.24) is 0 Å². The third-order valence-corrected chi connectivity index (χ3v) is 2.15. The van der Waals surface area contributed by atoms with Crippen molar-refractivity contribution in [2.75, 3.05) is 14.2 Å². The molecule has 1 rings (SSSR count). The zero-order valence-corrected chi connectivity index (χ0v) is 8.45. The highest BCUT2D eigenvalue weighted by Crippen LogP contribution is 2.24. The fourth-order valence-corrected chi connectivity index (χ4v) is 1.26.